The molecule has 3 nitrogen and oxygen atoms in total. The molecule has 0 aliphatic heterocycles. The minimum absolute atomic E-state index is 0.311. The summed E-state index contributed by atoms with van der Waals surface area (Å²) in [5, 5.41) is 19.3. The van der Waals surface area contributed by atoms with Crippen molar-refractivity contribution in [3.05, 3.63) is 29.3 Å². The van der Waals surface area contributed by atoms with E-state index in [1.54, 1.807) is 0 Å². The van der Waals surface area contributed by atoms with Gasteiger partial charge in [0.1, 0.15) is 12.4 Å². The van der Waals surface area contributed by atoms with Crippen LogP contribution in [0.1, 0.15) is 43.4 Å². The third-order valence-corrected chi connectivity index (χ3v) is 3.31. The number of aliphatic hydroxyl groups is 2. The minimum Gasteiger partial charge on any atom is -0.491 e. The standard InChI is InChI=1S/C14H20O3/c1-2-11(15)9-17-12-7-6-10-4-3-5-14(16)13(10)8-12/h6-8,11,14-16H,2-5,9H2,1H3. The number of hydrogen-bond donors (Lipinski definition) is 2. The van der Waals surface area contributed by atoms with E-state index in [0.717, 1.165) is 30.6 Å². The first-order chi connectivity index (χ1) is 8.20. The van der Waals surface area contributed by atoms with Crippen molar-refractivity contribution < 1.29 is 14.9 Å². The fourth-order valence-corrected chi connectivity index (χ4v) is 2.15. The fraction of sp³-hybridized carbons (Fsp3) is 0.571. The van der Waals surface area contributed by atoms with Gasteiger partial charge in [0.2, 0.25) is 0 Å². The maximum atomic E-state index is 9.90. The average Bonchev–Trinajstić information content (AvgIpc) is 2.36. The zero-order valence-electron chi connectivity index (χ0n) is 10.2. The largest absolute Gasteiger partial charge is 0.491 e. The van der Waals surface area contributed by atoms with Gasteiger partial charge in [0.15, 0.2) is 0 Å². The van der Waals surface area contributed by atoms with Gasteiger partial charge in [-0.05, 0) is 48.9 Å². The Hall–Kier alpha value is -1.06. The molecule has 0 heterocycles. The minimum atomic E-state index is -0.420. The van der Waals surface area contributed by atoms with Crippen LogP contribution in [0.25, 0.3) is 0 Å². The molecule has 0 saturated heterocycles. The van der Waals surface area contributed by atoms with Crippen molar-refractivity contribution in [1.82, 2.24) is 0 Å². The van der Waals surface area contributed by atoms with E-state index in [9.17, 15) is 10.2 Å². The summed E-state index contributed by atoms with van der Waals surface area (Å²) in [5.41, 5.74) is 2.20. The van der Waals surface area contributed by atoms with Gasteiger partial charge in [0.05, 0.1) is 12.2 Å². The third-order valence-electron chi connectivity index (χ3n) is 3.31. The number of benzene rings is 1. The highest BCUT2D eigenvalue weighted by molar-refractivity contribution is 5.38. The lowest BCUT2D eigenvalue weighted by molar-refractivity contribution is 0.104. The molecule has 2 atom stereocenters. The van der Waals surface area contributed by atoms with Crippen molar-refractivity contribution in [3.63, 3.8) is 0 Å². The van der Waals surface area contributed by atoms with Crippen LogP contribution in [0.15, 0.2) is 18.2 Å². The van der Waals surface area contributed by atoms with Crippen LogP contribution in [0.3, 0.4) is 0 Å². The predicted octanol–water partition coefficient (Wildman–Crippen LogP) is 2.21. The summed E-state index contributed by atoms with van der Waals surface area (Å²) in [6, 6.07) is 5.84. The Labute approximate surface area is 102 Å². The number of rotatable bonds is 4. The number of aliphatic hydroxyl groups excluding tert-OH is 2. The lowest BCUT2D eigenvalue weighted by atomic mass is 9.89. The smallest absolute Gasteiger partial charge is 0.119 e. The summed E-state index contributed by atoms with van der Waals surface area (Å²) in [4.78, 5) is 0. The highest BCUT2D eigenvalue weighted by Gasteiger charge is 2.18. The van der Waals surface area contributed by atoms with Crippen molar-refractivity contribution in [2.45, 2.75) is 44.8 Å². The molecule has 1 aromatic carbocycles. The quantitative estimate of drug-likeness (QED) is 0.842. The van der Waals surface area contributed by atoms with Crippen LogP contribution < -0.4 is 4.74 Å². The lowest BCUT2D eigenvalue weighted by Crippen LogP contribution is -2.16. The zero-order valence-corrected chi connectivity index (χ0v) is 10.2. The molecule has 1 aliphatic rings. The third kappa shape index (κ3) is 2.99. The molecule has 94 valence electrons. The molecule has 0 amide bonds. The Morgan fingerprint density at radius 3 is 3.06 bits per heavy atom. The molecule has 17 heavy (non-hydrogen) atoms. The molecule has 0 aromatic heterocycles. The van der Waals surface area contributed by atoms with Gasteiger partial charge in [0, 0.05) is 0 Å². The van der Waals surface area contributed by atoms with Gasteiger partial charge in [0.25, 0.3) is 0 Å². The summed E-state index contributed by atoms with van der Waals surface area (Å²) in [7, 11) is 0. The Balaban J connectivity index is 2.07. The first kappa shape index (κ1) is 12.4. The second-order valence-electron chi connectivity index (χ2n) is 4.64. The number of ether oxygens (including phenoxy) is 1. The Morgan fingerprint density at radius 2 is 2.29 bits per heavy atom. The van der Waals surface area contributed by atoms with E-state index in [1.165, 1.54) is 5.56 Å². The Bertz CT molecular complexity index is 376. The molecule has 0 fully saturated rings. The summed E-state index contributed by atoms with van der Waals surface area (Å²) in [6.07, 6.45) is 2.81. The lowest BCUT2D eigenvalue weighted by Gasteiger charge is -2.22. The molecule has 0 saturated carbocycles. The molecule has 2 unspecified atom stereocenters. The van der Waals surface area contributed by atoms with Crippen LogP contribution in [0.5, 0.6) is 5.75 Å². The van der Waals surface area contributed by atoms with Gasteiger partial charge in [-0.3, -0.25) is 0 Å². The van der Waals surface area contributed by atoms with Crippen molar-refractivity contribution in [2.75, 3.05) is 6.61 Å². The SMILES string of the molecule is CCC(O)COc1ccc2c(c1)C(O)CCC2. The molecule has 1 aliphatic carbocycles. The molecule has 0 bridgehead atoms. The number of hydrogen-bond acceptors (Lipinski definition) is 3. The highest BCUT2D eigenvalue weighted by Crippen LogP contribution is 2.32. The van der Waals surface area contributed by atoms with Crippen LogP contribution >= 0.6 is 0 Å². The second kappa shape index (κ2) is 5.52. The molecule has 0 spiro atoms. The van der Waals surface area contributed by atoms with Crippen LogP contribution in [0.4, 0.5) is 0 Å². The van der Waals surface area contributed by atoms with Crippen LogP contribution in [-0.4, -0.2) is 22.9 Å². The van der Waals surface area contributed by atoms with E-state index in [4.69, 9.17) is 4.74 Å². The Morgan fingerprint density at radius 1 is 1.47 bits per heavy atom. The van der Waals surface area contributed by atoms with Gasteiger partial charge in [-0.1, -0.05) is 13.0 Å². The average molecular weight is 236 g/mol. The van der Waals surface area contributed by atoms with E-state index in [0.29, 0.717) is 13.0 Å². The molecule has 3 heteroatoms. The molecular weight excluding hydrogens is 216 g/mol. The van der Waals surface area contributed by atoms with Gasteiger partial charge >= 0.3 is 0 Å². The van der Waals surface area contributed by atoms with Gasteiger partial charge in [-0.25, -0.2) is 0 Å². The summed E-state index contributed by atoms with van der Waals surface area (Å²) >= 11 is 0. The normalized spacial score (nSPS) is 20.8. The fourth-order valence-electron chi connectivity index (χ4n) is 2.15. The maximum Gasteiger partial charge on any atom is 0.119 e. The van der Waals surface area contributed by atoms with Crippen molar-refractivity contribution in [1.29, 1.82) is 0 Å². The van der Waals surface area contributed by atoms with Gasteiger partial charge in [-0.15, -0.1) is 0 Å². The zero-order chi connectivity index (χ0) is 12.3. The Kier molecular flexibility index (Phi) is 4.02. The van der Waals surface area contributed by atoms with Crippen LogP contribution in [-0.2, 0) is 6.42 Å². The topological polar surface area (TPSA) is 49.7 Å². The monoisotopic (exact) mass is 236 g/mol. The van der Waals surface area contributed by atoms with Crippen molar-refractivity contribution in [2.24, 2.45) is 0 Å². The van der Waals surface area contributed by atoms with Crippen molar-refractivity contribution >= 4 is 0 Å². The molecule has 2 N–H and O–H groups in total. The van der Waals surface area contributed by atoms with Crippen LogP contribution in [0, 0.1) is 0 Å². The number of aryl methyl sites for hydroxylation is 1. The first-order valence-electron chi connectivity index (χ1n) is 6.32. The molecular formula is C14H20O3. The number of fused-ring (bicyclic) bond motifs is 1. The molecule has 1 aromatic rings. The summed E-state index contributed by atoms with van der Waals surface area (Å²) < 4.78 is 5.51. The van der Waals surface area contributed by atoms with E-state index in [2.05, 4.69) is 0 Å². The predicted molar refractivity (Wildman–Crippen MR) is 66.1 cm³/mol. The maximum absolute atomic E-state index is 9.90. The van der Waals surface area contributed by atoms with E-state index >= 15 is 0 Å². The van der Waals surface area contributed by atoms with E-state index in [-0.39, 0.29) is 6.10 Å². The second-order valence-corrected chi connectivity index (χ2v) is 4.64. The highest BCUT2D eigenvalue weighted by atomic mass is 16.5. The van der Waals surface area contributed by atoms with Crippen molar-refractivity contribution in [3.8, 4) is 5.75 Å². The van der Waals surface area contributed by atoms with Gasteiger partial charge in [-0.2, -0.15) is 0 Å². The van der Waals surface area contributed by atoms with Crippen LogP contribution in [0.2, 0.25) is 0 Å². The molecule has 0 radical (unpaired) electrons. The molecule has 2 rings (SSSR count). The summed E-state index contributed by atoms with van der Waals surface area (Å²) in [6.45, 7) is 2.23. The van der Waals surface area contributed by atoms with E-state index in [1.807, 2.05) is 25.1 Å². The summed E-state index contributed by atoms with van der Waals surface area (Å²) in [5.74, 6) is 0.734. The van der Waals surface area contributed by atoms with E-state index < -0.39 is 6.10 Å². The first-order valence-corrected chi connectivity index (χ1v) is 6.32. The van der Waals surface area contributed by atoms with Gasteiger partial charge < -0.3 is 14.9 Å².